The number of hydrogen-bond donors (Lipinski definition) is 1. The molecule has 4 rings (SSSR count). The Labute approximate surface area is 136 Å². The Morgan fingerprint density at radius 3 is 2.83 bits per heavy atom. The number of fused-ring (bicyclic) bond motifs is 1. The molecule has 1 N–H and O–H groups in total. The molecule has 1 aromatic carbocycles. The molecular weight excluding hydrogens is 316 g/mol. The van der Waals surface area contributed by atoms with E-state index < -0.39 is 17.7 Å². The highest BCUT2D eigenvalue weighted by Crippen LogP contribution is 2.38. The van der Waals surface area contributed by atoms with Crippen LogP contribution in [0.3, 0.4) is 0 Å². The van der Waals surface area contributed by atoms with Gasteiger partial charge >= 0.3 is 0 Å². The summed E-state index contributed by atoms with van der Waals surface area (Å²) in [5.74, 6) is -1.16. The molecule has 0 amide bonds. The van der Waals surface area contributed by atoms with E-state index >= 15 is 0 Å². The molecule has 0 aliphatic carbocycles. The quantitative estimate of drug-likeness (QED) is 0.777. The van der Waals surface area contributed by atoms with E-state index in [-0.39, 0.29) is 6.04 Å². The lowest BCUT2D eigenvalue weighted by molar-refractivity contribution is 0.194. The second-order valence-corrected chi connectivity index (χ2v) is 5.93. The predicted molar refractivity (Wildman–Crippen MR) is 83.4 cm³/mol. The van der Waals surface area contributed by atoms with Crippen LogP contribution >= 0.6 is 0 Å². The van der Waals surface area contributed by atoms with Gasteiger partial charge in [-0.2, -0.15) is 5.10 Å². The van der Waals surface area contributed by atoms with Gasteiger partial charge in [0.1, 0.15) is 12.1 Å². The first-order valence-corrected chi connectivity index (χ1v) is 7.57. The Morgan fingerprint density at radius 1 is 1.21 bits per heavy atom. The molecule has 1 fully saturated rings. The molecule has 1 aliphatic heterocycles. The molecule has 1 aliphatic rings. The molecular formula is C16H15F2N5O. The van der Waals surface area contributed by atoms with Crippen LogP contribution in [0.1, 0.15) is 18.0 Å². The van der Waals surface area contributed by atoms with Crippen LogP contribution in [0.15, 0.2) is 30.7 Å². The van der Waals surface area contributed by atoms with Crippen molar-refractivity contribution in [1.29, 1.82) is 0 Å². The largest absolute Gasteiger partial charge is 0.391 e. The summed E-state index contributed by atoms with van der Waals surface area (Å²) in [4.78, 5) is 10.4. The number of rotatable bonds is 2. The van der Waals surface area contributed by atoms with Crippen molar-refractivity contribution in [2.45, 2.75) is 18.6 Å². The van der Waals surface area contributed by atoms with E-state index in [1.54, 1.807) is 17.9 Å². The van der Waals surface area contributed by atoms with Crippen LogP contribution < -0.4 is 4.90 Å². The van der Waals surface area contributed by atoms with Crippen LogP contribution in [0.5, 0.6) is 0 Å². The third-order valence-electron chi connectivity index (χ3n) is 4.39. The van der Waals surface area contributed by atoms with Gasteiger partial charge in [-0.25, -0.2) is 18.7 Å². The van der Waals surface area contributed by atoms with Crippen molar-refractivity contribution in [1.82, 2.24) is 19.7 Å². The number of nitrogens with zero attached hydrogens (tertiary/aromatic N) is 5. The van der Waals surface area contributed by atoms with Crippen molar-refractivity contribution in [3.05, 3.63) is 47.9 Å². The Morgan fingerprint density at radius 2 is 2.04 bits per heavy atom. The molecule has 24 heavy (non-hydrogen) atoms. The molecule has 0 radical (unpaired) electrons. The van der Waals surface area contributed by atoms with Crippen LogP contribution in [-0.4, -0.2) is 37.5 Å². The minimum atomic E-state index is -0.900. The van der Waals surface area contributed by atoms with Crippen LogP contribution in [0.2, 0.25) is 0 Å². The Hall–Kier alpha value is -2.61. The van der Waals surface area contributed by atoms with Gasteiger partial charge in [0.15, 0.2) is 17.3 Å². The third-order valence-corrected chi connectivity index (χ3v) is 4.39. The number of aryl methyl sites for hydroxylation is 1. The first kappa shape index (κ1) is 14.9. The van der Waals surface area contributed by atoms with E-state index in [0.29, 0.717) is 30.0 Å². The molecule has 3 heterocycles. The lowest BCUT2D eigenvalue weighted by Crippen LogP contribution is -2.25. The lowest BCUT2D eigenvalue weighted by Gasteiger charge is -2.26. The van der Waals surface area contributed by atoms with Gasteiger partial charge in [0.05, 0.1) is 23.7 Å². The standard InChI is InChI=1S/C16H15F2N5O/c1-22-15-11(6-21-22)16(20-8-19-15)23-7-10(24)5-14(23)9-2-3-12(17)13(18)4-9/h2-4,6,8,10,14,24H,5,7H2,1H3/t10-,14-/m1/s1. The van der Waals surface area contributed by atoms with Crippen LogP contribution in [0.4, 0.5) is 14.6 Å². The number of halogens is 2. The normalized spacial score (nSPS) is 20.9. The van der Waals surface area contributed by atoms with Crippen molar-refractivity contribution in [2.24, 2.45) is 7.05 Å². The average molecular weight is 331 g/mol. The van der Waals surface area contributed by atoms with Crippen LogP contribution in [0.25, 0.3) is 11.0 Å². The highest BCUT2D eigenvalue weighted by Gasteiger charge is 2.34. The van der Waals surface area contributed by atoms with Gasteiger partial charge in [0.25, 0.3) is 0 Å². The number of hydrogen-bond acceptors (Lipinski definition) is 5. The van der Waals surface area contributed by atoms with Crippen LogP contribution in [0, 0.1) is 11.6 Å². The van der Waals surface area contributed by atoms with Crippen molar-refractivity contribution in [3.8, 4) is 0 Å². The summed E-state index contributed by atoms with van der Waals surface area (Å²) >= 11 is 0. The Balaban J connectivity index is 1.81. The maximum atomic E-state index is 13.6. The van der Waals surface area contributed by atoms with Gasteiger partial charge in [-0.3, -0.25) is 4.68 Å². The highest BCUT2D eigenvalue weighted by atomic mass is 19.2. The first-order chi connectivity index (χ1) is 11.5. The minimum absolute atomic E-state index is 0.298. The van der Waals surface area contributed by atoms with Crippen molar-refractivity contribution >= 4 is 16.9 Å². The zero-order valence-electron chi connectivity index (χ0n) is 12.9. The molecule has 1 saturated heterocycles. The zero-order chi connectivity index (χ0) is 16.8. The zero-order valence-corrected chi connectivity index (χ0v) is 12.9. The monoisotopic (exact) mass is 331 g/mol. The smallest absolute Gasteiger partial charge is 0.163 e. The molecule has 2 atom stereocenters. The summed E-state index contributed by atoms with van der Waals surface area (Å²) in [7, 11) is 1.78. The number of β-amino-alcohol motifs (C(OH)–C–C–N with tert-alkyl or cyclic N) is 1. The fourth-order valence-electron chi connectivity index (χ4n) is 3.26. The number of aliphatic hydroxyl groups excluding tert-OH is 1. The van der Waals surface area contributed by atoms with E-state index in [2.05, 4.69) is 15.1 Å². The van der Waals surface area contributed by atoms with Gasteiger partial charge in [-0.15, -0.1) is 0 Å². The third kappa shape index (κ3) is 2.30. The number of anilines is 1. The Bertz CT molecular complexity index is 913. The molecule has 0 saturated carbocycles. The van der Waals surface area contributed by atoms with Gasteiger partial charge in [-0.05, 0) is 24.1 Å². The topological polar surface area (TPSA) is 67.1 Å². The van der Waals surface area contributed by atoms with E-state index in [9.17, 15) is 13.9 Å². The van der Waals surface area contributed by atoms with E-state index in [0.717, 1.165) is 11.5 Å². The summed E-state index contributed by atoms with van der Waals surface area (Å²) in [6.45, 7) is 0.352. The summed E-state index contributed by atoms with van der Waals surface area (Å²) < 4.78 is 28.5. The van der Waals surface area contributed by atoms with Crippen molar-refractivity contribution < 1.29 is 13.9 Å². The first-order valence-electron chi connectivity index (χ1n) is 7.57. The summed E-state index contributed by atoms with van der Waals surface area (Å²) in [6.07, 6.45) is 2.94. The number of aliphatic hydroxyl groups is 1. The van der Waals surface area contributed by atoms with Gasteiger partial charge in [0, 0.05) is 13.6 Å². The predicted octanol–water partition coefficient (Wildman–Crippen LogP) is 1.95. The minimum Gasteiger partial charge on any atom is -0.391 e. The molecule has 124 valence electrons. The molecule has 8 heteroatoms. The molecule has 2 aromatic heterocycles. The van der Waals surface area contributed by atoms with Crippen molar-refractivity contribution in [3.63, 3.8) is 0 Å². The molecule has 0 bridgehead atoms. The second kappa shape index (κ2) is 5.48. The number of aromatic nitrogens is 4. The molecule has 6 nitrogen and oxygen atoms in total. The SMILES string of the molecule is Cn1ncc2c(N3C[C@H](O)C[C@@H]3c3ccc(F)c(F)c3)ncnc21. The van der Waals surface area contributed by atoms with Gasteiger partial charge < -0.3 is 10.0 Å². The molecule has 0 spiro atoms. The molecule has 3 aromatic rings. The average Bonchev–Trinajstić information content (AvgIpc) is 3.14. The summed E-state index contributed by atoms with van der Waals surface area (Å²) in [5.41, 5.74) is 1.27. The summed E-state index contributed by atoms with van der Waals surface area (Å²) in [6, 6.07) is 3.52. The maximum absolute atomic E-state index is 13.6. The van der Waals surface area contributed by atoms with Crippen molar-refractivity contribution in [2.75, 3.05) is 11.4 Å². The van der Waals surface area contributed by atoms with Crippen LogP contribution in [-0.2, 0) is 7.05 Å². The van der Waals surface area contributed by atoms with E-state index in [1.165, 1.54) is 18.5 Å². The molecule has 0 unspecified atom stereocenters. The van der Waals surface area contributed by atoms with Gasteiger partial charge in [0.2, 0.25) is 0 Å². The highest BCUT2D eigenvalue weighted by molar-refractivity contribution is 5.87. The van der Waals surface area contributed by atoms with Gasteiger partial charge in [-0.1, -0.05) is 6.07 Å². The number of benzene rings is 1. The second-order valence-electron chi connectivity index (χ2n) is 5.93. The fraction of sp³-hybridized carbons (Fsp3) is 0.312. The Kier molecular flexibility index (Phi) is 3.42. The summed E-state index contributed by atoms with van der Waals surface area (Å²) in [5, 5.41) is 15.1. The van der Waals surface area contributed by atoms with E-state index in [4.69, 9.17) is 0 Å². The fourth-order valence-corrected chi connectivity index (χ4v) is 3.26. The lowest BCUT2D eigenvalue weighted by atomic mass is 10.0. The van der Waals surface area contributed by atoms with E-state index in [1.807, 2.05) is 4.90 Å². The maximum Gasteiger partial charge on any atom is 0.163 e.